The van der Waals surface area contributed by atoms with E-state index in [9.17, 15) is 5.11 Å². The van der Waals surface area contributed by atoms with E-state index in [1.54, 1.807) is 0 Å². The van der Waals surface area contributed by atoms with Crippen LogP contribution in [-0.4, -0.2) is 42.9 Å². The first-order valence-electron chi connectivity index (χ1n) is 6.72. The number of hydrogen-bond acceptors (Lipinski definition) is 3. The summed E-state index contributed by atoms with van der Waals surface area (Å²) in [6, 6.07) is 6.20. The molecule has 0 radical (unpaired) electrons. The van der Waals surface area contributed by atoms with Gasteiger partial charge in [-0.3, -0.25) is 4.90 Å². The Labute approximate surface area is 109 Å². The van der Waals surface area contributed by atoms with Gasteiger partial charge in [-0.05, 0) is 37.0 Å². The standard InChI is InChI=1S/C15H23NO2/c1-12-4-5-14(10-13(12)2)15(17)11-16-6-3-8-18-9-7-16/h4-5,10,15,17H,3,6-9,11H2,1-2H3. The zero-order valence-electron chi connectivity index (χ0n) is 11.4. The highest BCUT2D eigenvalue weighted by Gasteiger charge is 2.15. The third-order valence-electron chi connectivity index (χ3n) is 3.66. The van der Waals surface area contributed by atoms with Crippen molar-refractivity contribution in [3.63, 3.8) is 0 Å². The normalized spacial score (nSPS) is 19.5. The molecule has 3 nitrogen and oxygen atoms in total. The average Bonchev–Trinajstić information content (AvgIpc) is 2.61. The lowest BCUT2D eigenvalue weighted by Crippen LogP contribution is -2.31. The van der Waals surface area contributed by atoms with Crippen molar-refractivity contribution in [3.8, 4) is 0 Å². The fourth-order valence-corrected chi connectivity index (χ4v) is 2.30. The molecule has 0 saturated carbocycles. The number of rotatable bonds is 3. The van der Waals surface area contributed by atoms with Gasteiger partial charge in [0, 0.05) is 26.2 Å². The highest BCUT2D eigenvalue weighted by molar-refractivity contribution is 5.31. The summed E-state index contributed by atoms with van der Waals surface area (Å²) in [5.74, 6) is 0. The van der Waals surface area contributed by atoms with Crippen LogP contribution in [0, 0.1) is 13.8 Å². The number of aliphatic hydroxyl groups is 1. The maximum absolute atomic E-state index is 10.3. The second kappa shape index (κ2) is 6.32. The Morgan fingerprint density at radius 3 is 2.83 bits per heavy atom. The molecule has 1 aliphatic rings. The van der Waals surface area contributed by atoms with Gasteiger partial charge in [-0.25, -0.2) is 0 Å². The Morgan fingerprint density at radius 1 is 1.22 bits per heavy atom. The molecule has 0 aromatic heterocycles. The summed E-state index contributed by atoms with van der Waals surface area (Å²) >= 11 is 0. The Bertz CT molecular complexity index is 384. The van der Waals surface area contributed by atoms with Gasteiger partial charge in [0.2, 0.25) is 0 Å². The topological polar surface area (TPSA) is 32.7 Å². The van der Waals surface area contributed by atoms with Gasteiger partial charge in [0.1, 0.15) is 0 Å². The first-order valence-corrected chi connectivity index (χ1v) is 6.72. The number of benzene rings is 1. The van der Waals surface area contributed by atoms with Crippen LogP contribution in [-0.2, 0) is 4.74 Å². The second-order valence-corrected chi connectivity index (χ2v) is 5.13. The van der Waals surface area contributed by atoms with Crippen LogP contribution < -0.4 is 0 Å². The molecule has 0 spiro atoms. The van der Waals surface area contributed by atoms with Crippen LogP contribution in [0.3, 0.4) is 0 Å². The summed E-state index contributed by atoms with van der Waals surface area (Å²) in [4.78, 5) is 2.28. The van der Waals surface area contributed by atoms with Crippen LogP contribution in [0.1, 0.15) is 29.2 Å². The van der Waals surface area contributed by atoms with Crippen molar-refractivity contribution >= 4 is 0 Å². The molecule has 1 N–H and O–H groups in total. The Morgan fingerprint density at radius 2 is 2.06 bits per heavy atom. The van der Waals surface area contributed by atoms with Crippen LogP contribution in [0.5, 0.6) is 0 Å². The van der Waals surface area contributed by atoms with Crippen molar-refractivity contribution in [2.45, 2.75) is 26.4 Å². The maximum atomic E-state index is 10.3. The summed E-state index contributed by atoms with van der Waals surface area (Å²) in [6.45, 7) is 8.44. The lowest BCUT2D eigenvalue weighted by molar-refractivity contribution is 0.103. The predicted octanol–water partition coefficient (Wildman–Crippen LogP) is 2.06. The molecule has 1 fully saturated rings. The molecule has 1 heterocycles. The lowest BCUT2D eigenvalue weighted by Gasteiger charge is -2.23. The molecule has 1 saturated heterocycles. The minimum atomic E-state index is -0.401. The summed E-state index contributed by atoms with van der Waals surface area (Å²) in [5.41, 5.74) is 3.53. The van der Waals surface area contributed by atoms with E-state index >= 15 is 0 Å². The first-order chi connectivity index (χ1) is 8.66. The summed E-state index contributed by atoms with van der Waals surface area (Å²) in [5, 5.41) is 10.3. The maximum Gasteiger partial charge on any atom is 0.0917 e. The third-order valence-corrected chi connectivity index (χ3v) is 3.66. The fourth-order valence-electron chi connectivity index (χ4n) is 2.30. The number of nitrogens with zero attached hydrogens (tertiary/aromatic N) is 1. The van der Waals surface area contributed by atoms with Crippen molar-refractivity contribution in [1.29, 1.82) is 0 Å². The van der Waals surface area contributed by atoms with Crippen molar-refractivity contribution in [3.05, 3.63) is 34.9 Å². The number of β-amino-alcohol motifs (C(OH)–C–C–N with tert-alkyl or cyclic N) is 1. The van der Waals surface area contributed by atoms with Gasteiger partial charge in [0.15, 0.2) is 0 Å². The van der Waals surface area contributed by atoms with Crippen LogP contribution in [0.4, 0.5) is 0 Å². The molecule has 2 rings (SSSR count). The van der Waals surface area contributed by atoms with Gasteiger partial charge in [-0.15, -0.1) is 0 Å². The molecule has 18 heavy (non-hydrogen) atoms. The van der Waals surface area contributed by atoms with E-state index in [1.807, 2.05) is 6.07 Å². The molecule has 1 aromatic rings. The van der Waals surface area contributed by atoms with E-state index in [2.05, 4.69) is 30.9 Å². The third kappa shape index (κ3) is 3.55. The van der Waals surface area contributed by atoms with Gasteiger partial charge >= 0.3 is 0 Å². The van der Waals surface area contributed by atoms with Crippen molar-refractivity contribution < 1.29 is 9.84 Å². The molecular formula is C15H23NO2. The van der Waals surface area contributed by atoms with Crippen LogP contribution >= 0.6 is 0 Å². The van der Waals surface area contributed by atoms with Gasteiger partial charge in [-0.2, -0.15) is 0 Å². The quantitative estimate of drug-likeness (QED) is 0.890. The van der Waals surface area contributed by atoms with Crippen molar-refractivity contribution in [2.75, 3.05) is 32.8 Å². The van der Waals surface area contributed by atoms with E-state index in [0.29, 0.717) is 6.54 Å². The number of aliphatic hydroxyl groups excluding tert-OH is 1. The molecule has 1 aromatic carbocycles. The molecule has 1 unspecified atom stereocenters. The monoisotopic (exact) mass is 249 g/mol. The van der Waals surface area contributed by atoms with E-state index in [-0.39, 0.29) is 0 Å². The van der Waals surface area contributed by atoms with E-state index in [1.165, 1.54) is 11.1 Å². The molecule has 0 bridgehead atoms. The van der Waals surface area contributed by atoms with Gasteiger partial charge in [0.05, 0.1) is 12.7 Å². The fraction of sp³-hybridized carbons (Fsp3) is 0.600. The molecule has 1 aliphatic heterocycles. The molecule has 1 atom stereocenters. The molecule has 0 aliphatic carbocycles. The van der Waals surface area contributed by atoms with Crippen molar-refractivity contribution in [2.24, 2.45) is 0 Å². The molecule has 0 amide bonds. The molecular weight excluding hydrogens is 226 g/mol. The Balaban J connectivity index is 1.97. The minimum Gasteiger partial charge on any atom is -0.387 e. The second-order valence-electron chi connectivity index (χ2n) is 5.13. The van der Waals surface area contributed by atoms with Crippen LogP contribution in [0.2, 0.25) is 0 Å². The van der Waals surface area contributed by atoms with Gasteiger partial charge < -0.3 is 9.84 Å². The van der Waals surface area contributed by atoms with Gasteiger partial charge in [0.25, 0.3) is 0 Å². The highest BCUT2D eigenvalue weighted by Crippen LogP contribution is 2.18. The first kappa shape index (κ1) is 13.5. The van der Waals surface area contributed by atoms with E-state index in [0.717, 1.165) is 38.3 Å². The smallest absolute Gasteiger partial charge is 0.0917 e. The van der Waals surface area contributed by atoms with E-state index in [4.69, 9.17) is 4.74 Å². The Hall–Kier alpha value is -0.900. The number of hydrogen-bond donors (Lipinski definition) is 1. The molecule has 3 heteroatoms. The zero-order valence-corrected chi connectivity index (χ0v) is 11.4. The largest absolute Gasteiger partial charge is 0.387 e. The number of ether oxygens (including phenoxy) is 1. The molecule has 100 valence electrons. The van der Waals surface area contributed by atoms with Crippen molar-refractivity contribution in [1.82, 2.24) is 4.90 Å². The predicted molar refractivity (Wildman–Crippen MR) is 72.8 cm³/mol. The summed E-state index contributed by atoms with van der Waals surface area (Å²) in [6.07, 6.45) is 0.655. The Kier molecular flexibility index (Phi) is 4.75. The SMILES string of the molecule is Cc1ccc(C(O)CN2CCCOCC2)cc1C. The summed E-state index contributed by atoms with van der Waals surface area (Å²) in [7, 11) is 0. The van der Waals surface area contributed by atoms with Crippen LogP contribution in [0.15, 0.2) is 18.2 Å². The zero-order chi connectivity index (χ0) is 13.0. The van der Waals surface area contributed by atoms with E-state index < -0.39 is 6.10 Å². The van der Waals surface area contributed by atoms with Gasteiger partial charge in [-0.1, -0.05) is 18.2 Å². The highest BCUT2D eigenvalue weighted by atomic mass is 16.5. The lowest BCUT2D eigenvalue weighted by atomic mass is 10.0. The minimum absolute atomic E-state index is 0.401. The average molecular weight is 249 g/mol. The van der Waals surface area contributed by atoms with Crippen LogP contribution in [0.25, 0.3) is 0 Å². The number of aryl methyl sites for hydroxylation is 2. The summed E-state index contributed by atoms with van der Waals surface area (Å²) < 4.78 is 5.42.